The molecule has 0 N–H and O–H groups in total. The van der Waals surface area contributed by atoms with Gasteiger partial charge in [-0.05, 0) is 246 Å². The van der Waals surface area contributed by atoms with E-state index in [1.54, 1.807) is 61.2 Å². The summed E-state index contributed by atoms with van der Waals surface area (Å²) in [6.07, 6.45) is 30.9. The molecule has 0 atom stereocenters. The molecule has 5 heteroatoms. The molecule has 0 aliphatic heterocycles. The molecular formula is C68H71Br5. The van der Waals surface area contributed by atoms with Crippen molar-refractivity contribution in [2.75, 3.05) is 5.33 Å². The first-order valence-corrected chi connectivity index (χ1v) is 32.1. The molecule has 0 amide bonds. The molecule has 7 aromatic rings. The molecule has 0 nitrogen and oxygen atoms in total. The lowest BCUT2D eigenvalue weighted by molar-refractivity contribution is 0.399. The van der Waals surface area contributed by atoms with Gasteiger partial charge in [-0.1, -0.05) is 210 Å². The van der Waals surface area contributed by atoms with E-state index in [9.17, 15) is 0 Å². The van der Waals surface area contributed by atoms with Crippen molar-refractivity contribution in [2.45, 2.75) is 160 Å². The molecule has 5 aliphatic carbocycles. The second-order valence-electron chi connectivity index (χ2n) is 21.7. The second-order valence-corrected chi connectivity index (χ2v) is 26.2. The summed E-state index contributed by atoms with van der Waals surface area (Å²) in [5.41, 5.74) is 25.9. The third kappa shape index (κ3) is 13.0. The molecule has 73 heavy (non-hydrogen) atoms. The normalized spacial score (nSPS) is 14.3. The molecule has 7 aromatic carbocycles. The molecule has 0 saturated carbocycles. The van der Waals surface area contributed by atoms with Crippen LogP contribution >= 0.6 is 79.6 Å². The van der Waals surface area contributed by atoms with Gasteiger partial charge in [-0.2, -0.15) is 0 Å². The molecule has 0 bridgehead atoms. The minimum absolute atomic E-state index is 0.113. The largest absolute Gasteiger partial charge is 0.0928 e. The lowest BCUT2D eigenvalue weighted by Gasteiger charge is -2.33. The SMILES string of the molecule is BrCCCCCCc1ccc2c(c1)CC2.Brc1ccc2c(c1)C(CCCCCCc1ccc3c(c1)CC3)(CCCCCCc1ccc3c(c1)CC3)c1cc(Br)ccc1-2.Brc1ccc2c(c1)Cc1cc(Br)ccc1-2. The van der Waals surface area contributed by atoms with E-state index in [1.165, 1.54) is 190 Å². The van der Waals surface area contributed by atoms with Gasteiger partial charge in [0.25, 0.3) is 0 Å². The molecule has 5 aliphatic rings. The highest BCUT2D eigenvalue weighted by atomic mass is 79.9. The van der Waals surface area contributed by atoms with Crippen LogP contribution in [0.1, 0.15) is 162 Å². The summed E-state index contributed by atoms with van der Waals surface area (Å²) < 4.78 is 4.74. The number of benzene rings is 7. The predicted octanol–water partition coefficient (Wildman–Crippen LogP) is 21.1. The Labute approximate surface area is 480 Å². The van der Waals surface area contributed by atoms with Crippen molar-refractivity contribution in [3.8, 4) is 22.3 Å². The molecule has 378 valence electrons. The highest BCUT2D eigenvalue weighted by Gasteiger charge is 2.42. The van der Waals surface area contributed by atoms with Crippen molar-refractivity contribution in [1.29, 1.82) is 0 Å². The maximum absolute atomic E-state index is 3.84. The highest BCUT2D eigenvalue weighted by Crippen LogP contribution is 2.55. The summed E-state index contributed by atoms with van der Waals surface area (Å²) >= 11 is 18.2. The lowest BCUT2D eigenvalue weighted by Crippen LogP contribution is -2.25. The average molecular weight is 1290 g/mol. The van der Waals surface area contributed by atoms with Crippen LogP contribution in [-0.4, -0.2) is 5.33 Å². The predicted molar refractivity (Wildman–Crippen MR) is 329 cm³/mol. The van der Waals surface area contributed by atoms with Crippen LogP contribution in [0.5, 0.6) is 0 Å². The van der Waals surface area contributed by atoms with Crippen LogP contribution < -0.4 is 0 Å². The summed E-state index contributed by atoms with van der Waals surface area (Å²) in [5, 5.41) is 1.16. The Morgan fingerprint density at radius 1 is 0.301 bits per heavy atom. The van der Waals surface area contributed by atoms with Gasteiger partial charge in [0.2, 0.25) is 0 Å². The van der Waals surface area contributed by atoms with E-state index < -0.39 is 0 Å². The van der Waals surface area contributed by atoms with Gasteiger partial charge in [0.1, 0.15) is 0 Å². The lowest BCUT2D eigenvalue weighted by atomic mass is 9.70. The number of halogens is 5. The summed E-state index contributed by atoms with van der Waals surface area (Å²) in [6.45, 7) is 0. The number of hydrogen-bond donors (Lipinski definition) is 0. The highest BCUT2D eigenvalue weighted by molar-refractivity contribution is 9.11. The van der Waals surface area contributed by atoms with Crippen LogP contribution in [0.15, 0.2) is 145 Å². The fraction of sp³-hybridized carbons (Fsp3) is 0.382. The first-order valence-electron chi connectivity index (χ1n) is 27.8. The Hall–Kier alpha value is -3.06. The summed E-state index contributed by atoms with van der Waals surface area (Å²) in [4.78, 5) is 0. The smallest absolute Gasteiger partial charge is 0.0216 e. The van der Waals surface area contributed by atoms with Crippen LogP contribution in [-0.2, 0) is 69.6 Å². The number of unbranched alkanes of at least 4 members (excludes halogenated alkanes) is 9. The number of fused-ring (bicyclic) bond motifs is 9. The van der Waals surface area contributed by atoms with Crippen LogP contribution in [0.4, 0.5) is 0 Å². The zero-order valence-corrected chi connectivity index (χ0v) is 50.6. The molecule has 0 radical (unpaired) electrons. The van der Waals surface area contributed by atoms with E-state index in [2.05, 4.69) is 207 Å². The van der Waals surface area contributed by atoms with Crippen molar-refractivity contribution < 1.29 is 0 Å². The Balaban J connectivity index is 0.000000164. The Morgan fingerprint density at radius 2 is 0.644 bits per heavy atom. The van der Waals surface area contributed by atoms with Crippen LogP contribution in [0.25, 0.3) is 22.3 Å². The van der Waals surface area contributed by atoms with Crippen molar-refractivity contribution in [3.05, 3.63) is 218 Å². The van der Waals surface area contributed by atoms with Gasteiger partial charge in [-0.15, -0.1) is 0 Å². The van der Waals surface area contributed by atoms with Gasteiger partial charge in [0.05, 0.1) is 0 Å². The van der Waals surface area contributed by atoms with E-state index >= 15 is 0 Å². The molecule has 0 saturated heterocycles. The molecule has 0 spiro atoms. The average Bonchev–Trinajstić information content (AvgIpc) is 3.84. The van der Waals surface area contributed by atoms with E-state index in [1.807, 2.05) is 0 Å². The van der Waals surface area contributed by atoms with Crippen molar-refractivity contribution in [3.63, 3.8) is 0 Å². The van der Waals surface area contributed by atoms with Crippen LogP contribution in [0, 0.1) is 0 Å². The quantitative estimate of drug-likeness (QED) is 0.0527. The fourth-order valence-corrected chi connectivity index (χ4v) is 14.4. The zero-order chi connectivity index (χ0) is 50.2. The van der Waals surface area contributed by atoms with E-state index in [-0.39, 0.29) is 5.41 Å². The minimum Gasteiger partial charge on any atom is -0.0928 e. The maximum atomic E-state index is 3.84. The van der Waals surface area contributed by atoms with Gasteiger partial charge in [0.15, 0.2) is 0 Å². The first kappa shape index (κ1) is 53.3. The third-order valence-corrected chi connectivity index (χ3v) is 19.4. The fourth-order valence-electron chi connectivity index (χ4n) is 12.5. The van der Waals surface area contributed by atoms with Crippen molar-refractivity contribution in [2.24, 2.45) is 0 Å². The number of aryl methyl sites for hydroxylation is 9. The molecule has 0 heterocycles. The summed E-state index contributed by atoms with van der Waals surface area (Å²) in [5.74, 6) is 0. The maximum Gasteiger partial charge on any atom is 0.0216 e. The van der Waals surface area contributed by atoms with E-state index in [0.29, 0.717) is 0 Å². The first-order chi connectivity index (χ1) is 35.7. The van der Waals surface area contributed by atoms with Crippen molar-refractivity contribution >= 4 is 79.6 Å². The molecular weight excluding hydrogens is 1220 g/mol. The Bertz CT molecular complexity index is 2860. The second kappa shape index (κ2) is 25.4. The summed E-state index contributed by atoms with van der Waals surface area (Å²) in [6, 6.07) is 48.6. The van der Waals surface area contributed by atoms with Crippen LogP contribution in [0.3, 0.4) is 0 Å². The van der Waals surface area contributed by atoms with Gasteiger partial charge >= 0.3 is 0 Å². The molecule has 0 aromatic heterocycles. The number of rotatable bonds is 20. The molecule has 0 fully saturated rings. The number of alkyl halides is 1. The van der Waals surface area contributed by atoms with Crippen molar-refractivity contribution in [1.82, 2.24) is 0 Å². The monoisotopic (exact) mass is 1280 g/mol. The summed E-state index contributed by atoms with van der Waals surface area (Å²) in [7, 11) is 0. The minimum atomic E-state index is 0.113. The Morgan fingerprint density at radius 3 is 1.00 bits per heavy atom. The zero-order valence-electron chi connectivity index (χ0n) is 42.7. The molecule has 0 unspecified atom stereocenters. The van der Waals surface area contributed by atoms with E-state index in [0.717, 1.165) is 20.7 Å². The third-order valence-electron chi connectivity index (χ3n) is 16.9. The topological polar surface area (TPSA) is 0 Å². The van der Waals surface area contributed by atoms with Gasteiger partial charge in [-0.25, -0.2) is 0 Å². The Kier molecular flexibility index (Phi) is 18.6. The van der Waals surface area contributed by atoms with Gasteiger partial charge in [0, 0.05) is 28.6 Å². The number of hydrogen-bond acceptors (Lipinski definition) is 0. The van der Waals surface area contributed by atoms with Gasteiger partial charge < -0.3 is 0 Å². The van der Waals surface area contributed by atoms with E-state index in [4.69, 9.17) is 0 Å². The van der Waals surface area contributed by atoms with Gasteiger partial charge in [-0.3, -0.25) is 0 Å². The standard InChI is InChI=1S/C41H44Br2.C14H19Br.C13H8Br2/c42-35-19-21-37-38-22-20-36(43)28-40(38)41(39(37)27-35,23-7-3-1-5-9-29-11-13-31-15-17-33(31)25-29)24-8-4-2-6-10-30-12-14-32-16-18-34(32)26-30;15-10-4-2-1-3-5-12-6-7-13-8-9-14(13)11-12;14-10-1-3-12-8(6-10)5-9-7-11(15)2-4-13(9)12/h11-14,19-22,25-28H,1-10,15-18,23-24H2;6-7,11H,1-5,8-10H2;1-4,6-7H,5H2. The molecule has 12 rings (SSSR count). The van der Waals surface area contributed by atoms with Crippen LogP contribution in [0.2, 0.25) is 0 Å².